The Morgan fingerprint density at radius 2 is 2.05 bits per heavy atom. The van der Waals surface area contributed by atoms with Crippen LogP contribution in [0.15, 0.2) is 18.2 Å². The molecule has 2 saturated carbocycles. The Bertz CT molecular complexity index is 522. The van der Waals surface area contributed by atoms with Crippen LogP contribution in [0.2, 0.25) is 0 Å². The molecule has 4 atom stereocenters. The van der Waals surface area contributed by atoms with Crippen molar-refractivity contribution in [3.8, 4) is 0 Å². The highest BCUT2D eigenvalue weighted by molar-refractivity contribution is 5.96. The van der Waals surface area contributed by atoms with Gasteiger partial charge in [-0.1, -0.05) is 24.1 Å². The number of amides is 1. The van der Waals surface area contributed by atoms with E-state index < -0.39 is 0 Å². The number of hydrogen-bond acceptors (Lipinski definition) is 1. The number of fused-ring (bicyclic) bond motifs is 2. The molecular weight excluding hydrogens is 246 g/mol. The van der Waals surface area contributed by atoms with Crippen molar-refractivity contribution in [1.82, 2.24) is 5.32 Å². The maximum Gasteiger partial charge on any atom is 0.251 e. The van der Waals surface area contributed by atoms with E-state index in [9.17, 15) is 4.79 Å². The summed E-state index contributed by atoms with van der Waals surface area (Å²) < 4.78 is 0. The number of aryl methyl sites for hydroxylation is 2. The number of benzene rings is 1. The van der Waals surface area contributed by atoms with Crippen LogP contribution >= 0.6 is 0 Å². The number of rotatable bonds is 3. The molecule has 1 amide bonds. The Morgan fingerprint density at radius 1 is 1.25 bits per heavy atom. The summed E-state index contributed by atoms with van der Waals surface area (Å²) in [6, 6.07) is 6.40. The first-order valence-electron chi connectivity index (χ1n) is 7.92. The minimum atomic E-state index is 0.0986. The molecule has 0 radical (unpaired) electrons. The SMILES string of the molecule is Cc1ccc(C)c(C(=O)N[C@@H](C)[C@H]2C[C@H]3CC[C@H]2C3)c1. The summed E-state index contributed by atoms with van der Waals surface area (Å²) in [5.74, 6) is 2.59. The van der Waals surface area contributed by atoms with E-state index in [-0.39, 0.29) is 5.91 Å². The van der Waals surface area contributed by atoms with Gasteiger partial charge in [0, 0.05) is 11.6 Å². The molecule has 2 bridgehead atoms. The zero-order valence-electron chi connectivity index (χ0n) is 12.8. The van der Waals surface area contributed by atoms with Crippen LogP contribution in [0.5, 0.6) is 0 Å². The average molecular weight is 271 g/mol. The third-order valence-electron chi connectivity index (χ3n) is 5.43. The fourth-order valence-electron chi connectivity index (χ4n) is 4.28. The third kappa shape index (κ3) is 2.48. The van der Waals surface area contributed by atoms with Crippen LogP contribution < -0.4 is 5.32 Å². The number of carbonyl (C=O) groups is 1. The number of nitrogens with one attached hydrogen (secondary N) is 1. The molecule has 0 aromatic heterocycles. The van der Waals surface area contributed by atoms with Crippen molar-refractivity contribution in [3.63, 3.8) is 0 Å². The second-order valence-corrected chi connectivity index (χ2v) is 6.92. The van der Waals surface area contributed by atoms with E-state index in [0.29, 0.717) is 12.0 Å². The highest BCUT2D eigenvalue weighted by Crippen LogP contribution is 2.49. The lowest BCUT2D eigenvalue weighted by Gasteiger charge is -2.28. The Morgan fingerprint density at radius 3 is 2.70 bits per heavy atom. The summed E-state index contributed by atoms with van der Waals surface area (Å²) in [5.41, 5.74) is 3.04. The molecule has 1 aromatic rings. The van der Waals surface area contributed by atoms with Crippen LogP contribution in [0.1, 0.15) is 54.1 Å². The van der Waals surface area contributed by atoms with Gasteiger partial charge in [0.15, 0.2) is 0 Å². The van der Waals surface area contributed by atoms with Gasteiger partial charge in [0.2, 0.25) is 0 Å². The molecule has 0 aliphatic heterocycles. The van der Waals surface area contributed by atoms with Crippen LogP contribution in [0.3, 0.4) is 0 Å². The summed E-state index contributed by atoms with van der Waals surface area (Å²) in [5, 5.41) is 3.25. The fraction of sp³-hybridized carbons (Fsp3) is 0.611. The van der Waals surface area contributed by atoms with E-state index >= 15 is 0 Å². The van der Waals surface area contributed by atoms with E-state index in [1.54, 1.807) is 0 Å². The third-order valence-corrected chi connectivity index (χ3v) is 5.43. The van der Waals surface area contributed by atoms with Gasteiger partial charge in [0.25, 0.3) is 5.91 Å². The van der Waals surface area contributed by atoms with Gasteiger partial charge in [-0.05, 0) is 69.4 Å². The van der Waals surface area contributed by atoms with Crippen LogP contribution in [-0.4, -0.2) is 11.9 Å². The molecular formula is C18H25NO. The molecule has 0 heterocycles. The van der Waals surface area contributed by atoms with Crippen molar-refractivity contribution in [2.75, 3.05) is 0 Å². The topological polar surface area (TPSA) is 29.1 Å². The molecule has 2 aliphatic carbocycles. The summed E-state index contributed by atoms with van der Waals surface area (Å²) in [7, 11) is 0. The van der Waals surface area contributed by atoms with Gasteiger partial charge in [-0.3, -0.25) is 4.79 Å². The van der Waals surface area contributed by atoms with Gasteiger partial charge in [-0.15, -0.1) is 0 Å². The average Bonchev–Trinajstić information content (AvgIpc) is 3.03. The summed E-state index contributed by atoms with van der Waals surface area (Å²) in [4.78, 5) is 12.5. The quantitative estimate of drug-likeness (QED) is 0.888. The molecule has 108 valence electrons. The van der Waals surface area contributed by atoms with Crippen LogP contribution in [0.4, 0.5) is 0 Å². The molecule has 2 heteroatoms. The summed E-state index contributed by atoms with van der Waals surface area (Å²) >= 11 is 0. The van der Waals surface area contributed by atoms with E-state index in [1.165, 1.54) is 25.7 Å². The molecule has 2 aliphatic rings. The second kappa shape index (κ2) is 5.23. The fourth-order valence-corrected chi connectivity index (χ4v) is 4.28. The predicted molar refractivity (Wildman–Crippen MR) is 81.8 cm³/mol. The highest BCUT2D eigenvalue weighted by atomic mass is 16.1. The molecule has 0 saturated heterocycles. The molecule has 2 nitrogen and oxygen atoms in total. The largest absolute Gasteiger partial charge is 0.349 e. The van der Waals surface area contributed by atoms with Crippen molar-refractivity contribution in [3.05, 3.63) is 34.9 Å². The maximum absolute atomic E-state index is 12.5. The molecule has 0 spiro atoms. The molecule has 1 aromatic carbocycles. The highest BCUT2D eigenvalue weighted by Gasteiger charge is 2.42. The molecule has 20 heavy (non-hydrogen) atoms. The van der Waals surface area contributed by atoms with Gasteiger partial charge in [0.05, 0.1) is 0 Å². The maximum atomic E-state index is 12.5. The van der Waals surface area contributed by atoms with Gasteiger partial charge < -0.3 is 5.32 Å². The molecule has 1 N–H and O–H groups in total. The van der Waals surface area contributed by atoms with Crippen LogP contribution in [-0.2, 0) is 0 Å². The Hall–Kier alpha value is -1.31. The van der Waals surface area contributed by atoms with E-state index in [1.807, 2.05) is 26.0 Å². The van der Waals surface area contributed by atoms with E-state index in [2.05, 4.69) is 18.3 Å². The number of hydrogen-bond donors (Lipinski definition) is 1. The van der Waals surface area contributed by atoms with Crippen molar-refractivity contribution >= 4 is 5.91 Å². The Balaban J connectivity index is 1.68. The molecule has 2 fully saturated rings. The molecule has 3 rings (SSSR count). The first kappa shape index (κ1) is 13.7. The predicted octanol–water partition coefficient (Wildman–Crippen LogP) is 3.86. The standard InChI is InChI=1S/C18H25NO/c1-11-4-5-12(2)16(8-11)18(20)19-13(3)17-10-14-6-7-15(17)9-14/h4-5,8,13-15,17H,6-7,9-10H2,1-3H3,(H,19,20)/t13-,14-,15-,17+/m0/s1. The summed E-state index contributed by atoms with van der Waals surface area (Å²) in [6.07, 6.45) is 5.51. The zero-order valence-corrected chi connectivity index (χ0v) is 12.8. The van der Waals surface area contributed by atoms with Gasteiger partial charge in [0.1, 0.15) is 0 Å². The van der Waals surface area contributed by atoms with Crippen molar-refractivity contribution in [2.24, 2.45) is 17.8 Å². The lowest BCUT2D eigenvalue weighted by molar-refractivity contribution is 0.0914. The summed E-state index contributed by atoms with van der Waals surface area (Å²) in [6.45, 7) is 6.24. The van der Waals surface area contributed by atoms with E-state index in [4.69, 9.17) is 0 Å². The first-order valence-corrected chi connectivity index (χ1v) is 7.92. The molecule has 0 unspecified atom stereocenters. The van der Waals surface area contributed by atoms with Gasteiger partial charge in [-0.2, -0.15) is 0 Å². The minimum Gasteiger partial charge on any atom is -0.349 e. The second-order valence-electron chi connectivity index (χ2n) is 6.92. The van der Waals surface area contributed by atoms with E-state index in [0.717, 1.165) is 28.5 Å². The van der Waals surface area contributed by atoms with Crippen molar-refractivity contribution in [2.45, 2.75) is 52.5 Å². The number of carbonyl (C=O) groups excluding carboxylic acids is 1. The minimum absolute atomic E-state index is 0.0986. The monoisotopic (exact) mass is 271 g/mol. The lowest BCUT2D eigenvalue weighted by atomic mass is 9.84. The Labute approximate surface area is 122 Å². The van der Waals surface area contributed by atoms with Crippen molar-refractivity contribution < 1.29 is 4.79 Å². The normalized spacial score (nSPS) is 29.4. The van der Waals surface area contributed by atoms with Gasteiger partial charge in [-0.25, -0.2) is 0 Å². The lowest BCUT2D eigenvalue weighted by Crippen LogP contribution is -2.40. The first-order chi connectivity index (χ1) is 9.54. The van der Waals surface area contributed by atoms with Crippen LogP contribution in [0, 0.1) is 31.6 Å². The van der Waals surface area contributed by atoms with Gasteiger partial charge >= 0.3 is 0 Å². The zero-order chi connectivity index (χ0) is 14.3. The Kier molecular flexibility index (Phi) is 3.57. The van der Waals surface area contributed by atoms with Crippen molar-refractivity contribution in [1.29, 1.82) is 0 Å². The smallest absolute Gasteiger partial charge is 0.251 e. The van der Waals surface area contributed by atoms with Crippen LogP contribution in [0.25, 0.3) is 0 Å².